The van der Waals surface area contributed by atoms with Crippen LogP contribution in [0.4, 0.5) is 5.69 Å². The first-order valence-corrected chi connectivity index (χ1v) is 12.5. The zero-order chi connectivity index (χ0) is 21.8. The van der Waals surface area contributed by atoms with Crippen LogP contribution in [0.3, 0.4) is 0 Å². The van der Waals surface area contributed by atoms with Crippen molar-refractivity contribution in [3.05, 3.63) is 59.2 Å². The van der Waals surface area contributed by atoms with Gasteiger partial charge in [0, 0.05) is 13.5 Å². The average molecular weight is 442 g/mol. The predicted molar refractivity (Wildman–Crippen MR) is 124 cm³/mol. The summed E-state index contributed by atoms with van der Waals surface area (Å²) in [6, 6.07) is 13.3. The molecule has 0 aromatic heterocycles. The summed E-state index contributed by atoms with van der Waals surface area (Å²) < 4.78 is 33.5. The van der Waals surface area contributed by atoms with Gasteiger partial charge in [-0.05, 0) is 55.1 Å². The van der Waals surface area contributed by atoms with Gasteiger partial charge in [0.2, 0.25) is 0 Å². The van der Waals surface area contributed by atoms with Gasteiger partial charge in [-0.1, -0.05) is 43.2 Å². The van der Waals surface area contributed by atoms with Gasteiger partial charge in [0.05, 0.1) is 23.2 Å². The van der Waals surface area contributed by atoms with Gasteiger partial charge in [-0.25, -0.2) is 8.42 Å². The summed E-state index contributed by atoms with van der Waals surface area (Å²) in [7, 11) is -1.97. The molecule has 1 atom stereocenters. The van der Waals surface area contributed by atoms with Gasteiger partial charge in [-0.2, -0.15) is 0 Å². The summed E-state index contributed by atoms with van der Waals surface area (Å²) in [6.45, 7) is 4.29. The van der Waals surface area contributed by atoms with Gasteiger partial charge in [-0.15, -0.1) is 0 Å². The van der Waals surface area contributed by atoms with Gasteiger partial charge in [-0.3, -0.25) is 9.30 Å². The Morgan fingerprint density at radius 1 is 1.10 bits per heavy atom. The van der Waals surface area contributed by atoms with E-state index in [-0.39, 0.29) is 6.04 Å². The number of aryl methyl sites for hydroxylation is 1. The van der Waals surface area contributed by atoms with Crippen LogP contribution in [0.2, 0.25) is 0 Å². The van der Waals surface area contributed by atoms with Crippen molar-refractivity contribution in [2.24, 2.45) is 4.99 Å². The number of nitrogens with one attached hydrogen (secondary N) is 1. The molecule has 166 valence electrons. The van der Waals surface area contributed by atoms with Crippen molar-refractivity contribution >= 4 is 21.6 Å². The molecule has 2 aliphatic heterocycles. The van der Waals surface area contributed by atoms with E-state index in [1.807, 2.05) is 43.3 Å². The minimum atomic E-state index is -3.61. The summed E-state index contributed by atoms with van der Waals surface area (Å²) in [5.41, 5.74) is 3.48. The molecule has 31 heavy (non-hydrogen) atoms. The minimum Gasteiger partial charge on any atom is -0.479 e. The van der Waals surface area contributed by atoms with Crippen molar-refractivity contribution in [2.75, 3.05) is 31.0 Å². The van der Waals surface area contributed by atoms with E-state index in [0.717, 1.165) is 80.1 Å². The highest BCUT2D eigenvalue weighted by Crippen LogP contribution is 2.40. The lowest BCUT2D eigenvalue weighted by atomic mass is 9.96. The van der Waals surface area contributed by atoms with Gasteiger partial charge in [0.25, 0.3) is 10.0 Å². The maximum absolute atomic E-state index is 13.3. The maximum Gasteiger partial charge on any atom is 0.264 e. The standard InChI is InChI=1S/C24H31N3O3S/c1-18-12-13-20-22(17-18)31(28,29)27(2)21-10-7-6-9-19(21)24(20)26-14-8-4-3-5-11-23-25-15-16-30-23/h6-7,9-10,12-13,17,24,26H,3-5,8,11,14-16H2,1-2H3. The van der Waals surface area contributed by atoms with Crippen molar-refractivity contribution < 1.29 is 13.2 Å². The predicted octanol–water partition coefficient (Wildman–Crippen LogP) is 4.19. The summed E-state index contributed by atoms with van der Waals surface area (Å²) in [5, 5.41) is 3.64. The molecule has 1 N–H and O–H groups in total. The number of sulfonamides is 1. The molecule has 4 rings (SSSR count). The van der Waals surface area contributed by atoms with Crippen LogP contribution < -0.4 is 9.62 Å². The average Bonchev–Trinajstić information content (AvgIpc) is 3.27. The van der Waals surface area contributed by atoms with Crippen LogP contribution in [-0.2, 0) is 14.8 Å². The molecular weight excluding hydrogens is 410 g/mol. The van der Waals surface area contributed by atoms with Crippen LogP contribution in [0.15, 0.2) is 52.4 Å². The molecule has 2 aromatic carbocycles. The number of ether oxygens (including phenoxy) is 1. The molecule has 7 heteroatoms. The minimum absolute atomic E-state index is 0.159. The molecule has 0 saturated heterocycles. The second-order valence-corrected chi connectivity index (χ2v) is 10.2. The van der Waals surface area contributed by atoms with Gasteiger partial charge >= 0.3 is 0 Å². The highest BCUT2D eigenvalue weighted by Gasteiger charge is 2.34. The first-order valence-electron chi connectivity index (χ1n) is 11.1. The van der Waals surface area contributed by atoms with E-state index in [2.05, 4.69) is 10.3 Å². The lowest BCUT2D eigenvalue weighted by molar-refractivity contribution is 0.336. The molecule has 2 aromatic rings. The number of rotatable bonds is 8. The number of anilines is 1. The Morgan fingerprint density at radius 3 is 2.71 bits per heavy atom. The van der Waals surface area contributed by atoms with E-state index in [9.17, 15) is 8.42 Å². The van der Waals surface area contributed by atoms with Crippen molar-refractivity contribution in [2.45, 2.75) is 50.0 Å². The van der Waals surface area contributed by atoms with E-state index in [1.54, 1.807) is 13.1 Å². The second-order valence-electron chi connectivity index (χ2n) is 8.25. The number of hydrogen-bond acceptors (Lipinski definition) is 5. The van der Waals surface area contributed by atoms with E-state index >= 15 is 0 Å². The van der Waals surface area contributed by atoms with E-state index in [0.29, 0.717) is 4.90 Å². The molecule has 0 aliphatic carbocycles. The fraction of sp³-hybridized carbons (Fsp3) is 0.458. The normalized spacial score (nSPS) is 19.2. The molecule has 2 aliphatic rings. The molecule has 0 saturated carbocycles. The Morgan fingerprint density at radius 2 is 1.90 bits per heavy atom. The molecule has 6 nitrogen and oxygen atoms in total. The molecule has 0 spiro atoms. The number of aliphatic imine (C=N–C) groups is 1. The first kappa shape index (κ1) is 21.8. The summed E-state index contributed by atoms with van der Waals surface area (Å²) >= 11 is 0. The number of para-hydroxylation sites is 1. The summed E-state index contributed by atoms with van der Waals surface area (Å²) in [6.07, 6.45) is 5.32. The largest absolute Gasteiger partial charge is 0.479 e. The zero-order valence-corrected chi connectivity index (χ0v) is 19.1. The molecular formula is C24H31N3O3S. The molecule has 0 amide bonds. The van der Waals surface area contributed by atoms with Crippen molar-refractivity contribution in [3.63, 3.8) is 0 Å². The van der Waals surface area contributed by atoms with Gasteiger partial charge < -0.3 is 10.1 Å². The Balaban J connectivity index is 1.47. The lowest BCUT2D eigenvalue weighted by Gasteiger charge is -2.22. The van der Waals surface area contributed by atoms with Crippen LogP contribution in [0.5, 0.6) is 0 Å². The smallest absolute Gasteiger partial charge is 0.264 e. The van der Waals surface area contributed by atoms with Crippen LogP contribution >= 0.6 is 0 Å². The first-order chi connectivity index (χ1) is 15.0. The quantitative estimate of drug-likeness (QED) is 0.624. The van der Waals surface area contributed by atoms with Crippen molar-refractivity contribution in [1.82, 2.24) is 5.32 Å². The molecule has 2 heterocycles. The van der Waals surface area contributed by atoms with Gasteiger partial charge in [0.15, 0.2) is 5.90 Å². The number of fused-ring (bicyclic) bond motifs is 2. The third-order valence-corrected chi connectivity index (χ3v) is 7.85. The lowest BCUT2D eigenvalue weighted by Crippen LogP contribution is -2.26. The molecule has 0 radical (unpaired) electrons. The fourth-order valence-electron chi connectivity index (χ4n) is 4.32. The summed E-state index contributed by atoms with van der Waals surface area (Å²) in [4.78, 5) is 4.73. The Bertz CT molecular complexity index is 1070. The second kappa shape index (κ2) is 9.40. The highest BCUT2D eigenvalue weighted by molar-refractivity contribution is 7.92. The van der Waals surface area contributed by atoms with E-state index < -0.39 is 10.0 Å². The highest BCUT2D eigenvalue weighted by atomic mass is 32.2. The number of unbranched alkanes of at least 4 members (excludes halogenated alkanes) is 3. The molecule has 0 fully saturated rings. The van der Waals surface area contributed by atoms with Crippen LogP contribution in [-0.4, -0.2) is 41.1 Å². The summed E-state index contributed by atoms with van der Waals surface area (Å²) in [5.74, 6) is 0.908. The van der Waals surface area contributed by atoms with Crippen LogP contribution in [0, 0.1) is 6.92 Å². The third-order valence-electron chi connectivity index (χ3n) is 6.02. The fourth-order valence-corrected chi connectivity index (χ4v) is 5.86. The van der Waals surface area contributed by atoms with Crippen LogP contribution in [0.25, 0.3) is 0 Å². The maximum atomic E-state index is 13.3. The van der Waals surface area contributed by atoms with Crippen molar-refractivity contribution in [1.29, 1.82) is 0 Å². The monoisotopic (exact) mass is 441 g/mol. The Hall–Kier alpha value is -2.38. The topological polar surface area (TPSA) is 71.0 Å². The molecule has 0 bridgehead atoms. The van der Waals surface area contributed by atoms with Gasteiger partial charge in [0.1, 0.15) is 6.61 Å². The Labute approximate surface area is 185 Å². The number of hydrogen-bond donors (Lipinski definition) is 1. The molecule has 1 unspecified atom stereocenters. The SMILES string of the molecule is Cc1ccc2c(c1)S(=O)(=O)N(C)c1ccccc1C2NCCCCCCC1=NCCO1. The zero-order valence-electron chi connectivity index (χ0n) is 18.3. The Kier molecular flexibility index (Phi) is 6.62. The number of benzene rings is 2. The van der Waals surface area contributed by atoms with E-state index in [1.165, 1.54) is 4.31 Å². The third kappa shape index (κ3) is 4.62. The van der Waals surface area contributed by atoms with Crippen LogP contribution in [0.1, 0.15) is 54.8 Å². The van der Waals surface area contributed by atoms with Crippen molar-refractivity contribution in [3.8, 4) is 0 Å². The van der Waals surface area contributed by atoms with E-state index in [4.69, 9.17) is 4.74 Å². The number of nitrogens with zero attached hydrogens (tertiary/aromatic N) is 2.